The van der Waals surface area contributed by atoms with E-state index in [0.29, 0.717) is 11.1 Å². The number of aromatic nitrogens is 2. The fraction of sp³-hybridized carbons (Fsp3) is 0.0909. The Kier molecular flexibility index (Phi) is 13.0. The van der Waals surface area contributed by atoms with E-state index >= 15 is 0 Å². The van der Waals surface area contributed by atoms with Gasteiger partial charge in [-0.1, -0.05) is 31.7 Å². The number of nitrogens with zero attached hydrogens (tertiary/aromatic N) is 2. The number of hydrogen-bond acceptors (Lipinski definition) is 8. The van der Waals surface area contributed by atoms with Crippen molar-refractivity contribution in [3.63, 3.8) is 0 Å². The predicted octanol–water partition coefficient (Wildman–Crippen LogP) is 2.57. The molecule has 2 aromatic heterocycles. The Morgan fingerprint density at radius 2 is 1.34 bits per heavy atom. The molecule has 10 heteroatoms. The van der Waals surface area contributed by atoms with Crippen LogP contribution in [-0.2, 0) is 4.74 Å². The van der Waals surface area contributed by atoms with Crippen molar-refractivity contribution in [2.24, 2.45) is 0 Å². The normalized spacial score (nSPS) is 9.03. The number of carbonyl (C=O) groups excluding carboxylic acids is 1. The third kappa shape index (κ3) is 7.71. The third-order valence-electron chi connectivity index (χ3n) is 3.83. The van der Waals surface area contributed by atoms with Gasteiger partial charge in [0.1, 0.15) is 0 Å². The molecular weight excluding hydrogens is 443 g/mol. The second kappa shape index (κ2) is 14.3. The van der Waals surface area contributed by atoms with E-state index in [0.717, 1.165) is 20.9 Å². The molecule has 4 aromatic rings. The number of esters is 1. The summed E-state index contributed by atoms with van der Waals surface area (Å²) >= 11 is 3.03. The minimum Gasteiger partial charge on any atom is -0.870 e. The molecule has 0 atom stereocenters. The van der Waals surface area contributed by atoms with Crippen LogP contribution in [0.2, 0.25) is 0 Å². The minimum absolute atomic E-state index is 0. The summed E-state index contributed by atoms with van der Waals surface area (Å²) in [6.45, 7) is 0. The molecular formula is C22H21LiN2O5S2. The molecule has 4 rings (SSSR count). The Morgan fingerprint density at radius 1 is 0.875 bits per heavy atom. The Hall–Kier alpha value is -2.80. The molecule has 0 aliphatic carbocycles. The number of methoxy groups -OCH3 is 1. The van der Waals surface area contributed by atoms with Gasteiger partial charge in [0.25, 0.3) is 0 Å². The van der Waals surface area contributed by atoms with Gasteiger partial charge in [-0.25, -0.2) is 9.59 Å². The second-order valence-electron chi connectivity index (χ2n) is 5.69. The van der Waals surface area contributed by atoms with E-state index in [9.17, 15) is 9.59 Å². The standard InChI is InChI=1S/C11H9NO2S.C10H7NO2S.CH4.Li.H2O/c1-14-11(13)9-4-2-3-8(5-9)10-6-12-7-15-10;12-10(13)8-3-1-2-7(4-8)9-5-11-6-14-9;;;/h2-7H,1H3;1-6H,(H,12,13);1H4;;1H2/q;;;+1;/p-1. The predicted molar refractivity (Wildman–Crippen MR) is 122 cm³/mol. The van der Waals surface area contributed by atoms with Gasteiger partial charge in [-0.15, -0.1) is 22.7 Å². The number of carbonyl (C=O) groups is 2. The van der Waals surface area contributed by atoms with E-state index in [1.807, 2.05) is 18.2 Å². The zero-order valence-electron chi connectivity index (χ0n) is 16.8. The SMILES string of the molecule is C.COC(=O)c1cccc(-c2cncs2)c1.O=C(O)c1cccc(-c2cncs2)c1.[Li+].[OH-]. The van der Waals surface area contributed by atoms with Crippen molar-refractivity contribution >= 4 is 34.6 Å². The van der Waals surface area contributed by atoms with Crippen LogP contribution < -0.4 is 18.9 Å². The Morgan fingerprint density at radius 3 is 1.75 bits per heavy atom. The molecule has 32 heavy (non-hydrogen) atoms. The van der Waals surface area contributed by atoms with Crippen LogP contribution in [0.5, 0.6) is 0 Å². The quantitative estimate of drug-likeness (QED) is 0.364. The molecule has 0 fully saturated rings. The zero-order chi connectivity index (χ0) is 20.6. The van der Waals surface area contributed by atoms with Crippen LogP contribution >= 0.6 is 22.7 Å². The molecule has 0 saturated heterocycles. The van der Waals surface area contributed by atoms with Crippen LogP contribution in [0.1, 0.15) is 28.1 Å². The Balaban J connectivity index is 0.000000550. The fourth-order valence-electron chi connectivity index (χ4n) is 2.44. The van der Waals surface area contributed by atoms with Crippen molar-refractivity contribution < 1.29 is 43.8 Å². The topological polar surface area (TPSA) is 119 Å². The monoisotopic (exact) mass is 464 g/mol. The first-order valence-electron chi connectivity index (χ1n) is 8.38. The number of carboxylic acid groups (broad SMARTS) is 1. The number of rotatable bonds is 4. The van der Waals surface area contributed by atoms with Gasteiger partial charge in [0.15, 0.2) is 0 Å². The molecule has 0 bridgehead atoms. The first-order chi connectivity index (χ1) is 14.1. The van der Waals surface area contributed by atoms with Crippen molar-refractivity contribution in [3.05, 3.63) is 83.1 Å². The molecule has 0 saturated carbocycles. The van der Waals surface area contributed by atoms with E-state index in [1.54, 1.807) is 65.1 Å². The summed E-state index contributed by atoms with van der Waals surface area (Å²) < 4.78 is 4.66. The molecule has 0 radical (unpaired) electrons. The fourth-order valence-corrected chi connectivity index (χ4v) is 3.68. The first kappa shape index (κ1) is 29.2. The van der Waals surface area contributed by atoms with Crippen LogP contribution in [0, 0.1) is 0 Å². The summed E-state index contributed by atoms with van der Waals surface area (Å²) in [5.74, 6) is -1.22. The number of thiazole rings is 2. The van der Waals surface area contributed by atoms with Crippen LogP contribution in [0.15, 0.2) is 71.9 Å². The Labute approximate surface area is 206 Å². The molecule has 0 aliphatic rings. The van der Waals surface area contributed by atoms with E-state index < -0.39 is 5.97 Å². The van der Waals surface area contributed by atoms with Crippen LogP contribution in [0.4, 0.5) is 0 Å². The van der Waals surface area contributed by atoms with Gasteiger partial charge < -0.3 is 15.3 Å². The number of aromatic carboxylic acids is 1. The summed E-state index contributed by atoms with van der Waals surface area (Å²) in [5.41, 5.74) is 6.23. The van der Waals surface area contributed by atoms with Crippen molar-refractivity contribution in [1.29, 1.82) is 0 Å². The molecule has 2 heterocycles. The molecule has 0 amide bonds. The van der Waals surface area contributed by atoms with Gasteiger partial charge in [-0.05, 0) is 35.4 Å². The van der Waals surface area contributed by atoms with Crippen LogP contribution in [0.25, 0.3) is 20.9 Å². The van der Waals surface area contributed by atoms with Gasteiger partial charge in [0.2, 0.25) is 0 Å². The molecule has 0 unspecified atom stereocenters. The summed E-state index contributed by atoms with van der Waals surface area (Å²) in [6.07, 6.45) is 3.51. The van der Waals surface area contributed by atoms with Crippen molar-refractivity contribution in [1.82, 2.24) is 9.97 Å². The average molecular weight is 464 g/mol. The van der Waals surface area contributed by atoms with Crippen LogP contribution in [-0.4, -0.2) is 39.6 Å². The van der Waals surface area contributed by atoms with Crippen molar-refractivity contribution in [2.45, 2.75) is 7.43 Å². The zero-order valence-corrected chi connectivity index (χ0v) is 18.4. The first-order valence-corrected chi connectivity index (χ1v) is 10.1. The minimum atomic E-state index is -0.906. The van der Waals surface area contributed by atoms with Gasteiger partial charge in [-0.3, -0.25) is 9.97 Å². The third-order valence-corrected chi connectivity index (χ3v) is 5.47. The molecule has 2 N–H and O–H groups in total. The smallest absolute Gasteiger partial charge is 0.870 e. The van der Waals surface area contributed by atoms with Crippen molar-refractivity contribution in [3.8, 4) is 20.9 Å². The van der Waals surface area contributed by atoms with E-state index in [-0.39, 0.29) is 37.7 Å². The van der Waals surface area contributed by atoms with Crippen molar-refractivity contribution in [2.75, 3.05) is 7.11 Å². The Bertz CT molecular complexity index is 1100. The van der Waals surface area contributed by atoms with Gasteiger partial charge in [0.05, 0.1) is 39.0 Å². The number of benzene rings is 2. The average Bonchev–Trinajstić information content (AvgIpc) is 3.48. The number of ether oxygens (including phenoxy) is 1. The van der Waals surface area contributed by atoms with Crippen LogP contribution in [0.3, 0.4) is 0 Å². The van der Waals surface area contributed by atoms with Gasteiger partial charge in [0, 0.05) is 12.4 Å². The van der Waals surface area contributed by atoms with Gasteiger partial charge >= 0.3 is 30.8 Å². The van der Waals surface area contributed by atoms with E-state index in [2.05, 4.69) is 14.7 Å². The maximum atomic E-state index is 11.3. The summed E-state index contributed by atoms with van der Waals surface area (Å²) in [5, 5.41) is 8.79. The molecule has 0 aliphatic heterocycles. The van der Waals surface area contributed by atoms with E-state index in [4.69, 9.17) is 5.11 Å². The summed E-state index contributed by atoms with van der Waals surface area (Å²) in [7, 11) is 1.38. The van der Waals surface area contributed by atoms with E-state index in [1.165, 1.54) is 18.4 Å². The molecule has 0 spiro atoms. The maximum Gasteiger partial charge on any atom is 1.00 e. The molecule has 2 aromatic carbocycles. The second-order valence-corrected chi connectivity index (χ2v) is 7.46. The largest absolute Gasteiger partial charge is 1.00 e. The summed E-state index contributed by atoms with van der Waals surface area (Å²) in [4.78, 5) is 32.0. The number of hydrogen-bond donors (Lipinski definition) is 1. The molecule has 162 valence electrons. The number of carboxylic acids is 1. The van der Waals surface area contributed by atoms with Gasteiger partial charge in [-0.2, -0.15) is 0 Å². The summed E-state index contributed by atoms with van der Waals surface area (Å²) in [6, 6.07) is 14.2. The molecule has 7 nitrogen and oxygen atoms in total. The maximum absolute atomic E-state index is 11.3.